The molecule has 0 aliphatic carbocycles. The lowest BCUT2D eigenvalue weighted by atomic mass is 10.1. The Kier molecular flexibility index (Phi) is 7.19. The van der Waals surface area contributed by atoms with E-state index in [0.717, 1.165) is 16.8 Å². The number of para-hydroxylation sites is 1. The average Bonchev–Trinajstić information content (AvgIpc) is 2.42. The maximum atomic E-state index is 12.4. The number of aliphatic hydroxyl groups excluding tert-OH is 1. The van der Waals surface area contributed by atoms with Crippen LogP contribution in [0.3, 0.4) is 0 Å². The molecule has 2 amide bonds. The summed E-state index contributed by atoms with van der Waals surface area (Å²) in [6, 6.07) is 5.88. The number of aryl methyl sites for hydroxylation is 2. The Morgan fingerprint density at radius 2 is 1.90 bits per heavy atom. The molecule has 0 aliphatic rings. The fourth-order valence-electron chi connectivity index (χ4n) is 2.11. The van der Waals surface area contributed by atoms with E-state index >= 15 is 0 Å². The summed E-state index contributed by atoms with van der Waals surface area (Å²) >= 11 is 0. The first kappa shape index (κ1) is 17.5. The molecule has 0 spiro atoms. The van der Waals surface area contributed by atoms with Crippen molar-refractivity contribution in [2.45, 2.75) is 33.7 Å². The summed E-state index contributed by atoms with van der Waals surface area (Å²) in [6.45, 7) is 9.10. The van der Waals surface area contributed by atoms with Crippen molar-refractivity contribution >= 4 is 11.7 Å². The lowest BCUT2D eigenvalue weighted by Gasteiger charge is -2.27. The topological polar surface area (TPSA) is 61.8 Å². The second-order valence-electron chi connectivity index (χ2n) is 5.32. The molecule has 118 valence electrons. The first-order valence-electron chi connectivity index (χ1n) is 7.29. The quantitative estimate of drug-likeness (QED) is 0.760. The molecule has 0 saturated carbocycles. The van der Waals surface area contributed by atoms with E-state index in [2.05, 4.69) is 5.32 Å². The first-order valence-corrected chi connectivity index (χ1v) is 7.29. The highest BCUT2D eigenvalue weighted by atomic mass is 16.5. The number of amides is 2. The van der Waals surface area contributed by atoms with E-state index in [-0.39, 0.29) is 18.7 Å². The van der Waals surface area contributed by atoms with Crippen molar-refractivity contribution in [3.63, 3.8) is 0 Å². The van der Waals surface area contributed by atoms with Gasteiger partial charge in [0.1, 0.15) is 0 Å². The van der Waals surface area contributed by atoms with Gasteiger partial charge in [0.15, 0.2) is 0 Å². The number of rotatable bonds is 7. The van der Waals surface area contributed by atoms with Gasteiger partial charge < -0.3 is 20.1 Å². The number of carbonyl (C=O) groups excluding carboxylic acids is 1. The molecular formula is C16H26N2O3. The Hall–Kier alpha value is -1.59. The van der Waals surface area contributed by atoms with Gasteiger partial charge in [0.2, 0.25) is 0 Å². The van der Waals surface area contributed by atoms with Crippen LogP contribution in [0, 0.1) is 13.8 Å². The molecule has 2 N–H and O–H groups in total. The summed E-state index contributed by atoms with van der Waals surface area (Å²) in [5.41, 5.74) is 2.96. The van der Waals surface area contributed by atoms with Gasteiger partial charge in [-0.25, -0.2) is 4.79 Å². The van der Waals surface area contributed by atoms with Gasteiger partial charge in [-0.05, 0) is 38.8 Å². The van der Waals surface area contributed by atoms with Gasteiger partial charge in [-0.3, -0.25) is 0 Å². The third kappa shape index (κ3) is 5.36. The normalized spacial score (nSPS) is 10.8. The van der Waals surface area contributed by atoms with E-state index in [0.29, 0.717) is 19.8 Å². The van der Waals surface area contributed by atoms with Crippen molar-refractivity contribution in [1.29, 1.82) is 0 Å². The number of aliphatic hydroxyl groups is 1. The zero-order chi connectivity index (χ0) is 15.8. The standard InChI is InChI=1S/C16H26N2O3/c1-12(2)18(8-10-21-11-9-19)16(20)17-15-13(3)6-5-7-14(15)4/h5-7,12,19H,8-11H2,1-4H3,(H,17,20). The molecule has 0 radical (unpaired) electrons. The van der Waals surface area contributed by atoms with E-state index in [9.17, 15) is 4.79 Å². The van der Waals surface area contributed by atoms with Crippen molar-refractivity contribution in [2.24, 2.45) is 0 Å². The van der Waals surface area contributed by atoms with E-state index in [1.807, 2.05) is 45.9 Å². The molecule has 0 atom stereocenters. The fourth-order valence-corrected chi connectivity index (χ4v) is 2.11. The number of anilines is 1. The summed E-state index contributed by atoms with van der Waals surface area (Å²) in [6.07, 6.45) is 0. The fraction of sp³-hybridized carbons (Fsp3) is 0.562. The van der Waals surface area contributed by atoms with Gasteiger partial charge in [-0.15, -0.1) is 0 Å². The van der Waals surface area contributed by atoms with E-state index in [1.54, 1.807) is 4.90 Å². The highest BCUT2D eigenvalue weighted by Crippen LogP contribution is 2.20. The lowest BCUT2D eigenvalue weighted by Crippen LogP contribution is -2.42. The van der Waals surface area contributed by atoms with E-state index in [1.165, 1.54) is 0 Å². The predicted molar refractivity (Wildman–Crippen MR) is 84.7 cm³/mol. The number of hydrogen-bond acceptors (Lipinski definition) is 3. The molecule has 0 saturated heterocycles. The number of urea groups is 1. The Morgan fingerprint density at radius 3 is 2.43 bits per heavy atom. The Balaban J connectivity index is 2.69. The molecule has 0 aromatic heterocycles. The molecule has 5 nitrogen and oxygen atoms in total. The number of nitrogens with zero attached hydrogens (tertiary/aromatic N) is 1. The van der Waals surface area contributed by atoms with Crippen LogP contribution in [-0.2, 0) is 4.74 Å². The van der Waals surface area contributed by atoms with Crippen LogP contribution in [0.25, 0.3) is 0 Å². The van der Waals surface area contributed by atoms with Crippen LogP contribution in [0.1, 0.15) is 25.0 Å². The SMILES string of the molecule is Cc1cccc(C)c1NC(=O)N(CCOCCO)C(C)C. The van der Waals surface area contributed by atoms with E-state index < -0.39 is 0 Å². The molecule has 0 heterocycles. The van der Waals surface area contributed by atoms with Crippen molar-refractivity contribution in [3.05, 3.63) is 29.3 Å². The minimum absolute atomic E-state index is 0.00369. The highest BCUT2D eigenvalue weighted by Gasteiger charge is 2.18. The van der Waals surface area contributed by atoms with Crippen LogP contribution in [0.15, 0.2) is 18.2 Å². The molecule has 1 aromatic rings. The summed E-state index contributed by atoms with van der Waals surface area (Å²) in [7, 11) is 0. The summed E-state index contributed by atoms with van der Waals surface area (Å²) in [5.74, 6) is 0. The molecule has 21 heavy (non-hydrogen) atoms. The number of nitrogens with one attached hydrogen (secondary N) is 1. The predicted octanol–water partition coefficient (Wildman–Crippen LogP) is 2.55. The second-order valence-corrected chi connectivity index (χ2v) is 5.32. The van der Waals surface area contributed by atoms with Crippen molar-refractivity contribution in [1.82, 2.24) is 4.90 Å². The number of carbonyl (C=O) groups is 1. The van der Waals surface area contributed by atoms with Gasteiger partial charge in [-0.2, -0.15) is 0 Å². The zero-order valence-electron chi connectivity index (χ0n) is 13.3. The molecule has 0 unspecified atom stereocenters. The van der Waals surface area contributed by atoms with Crippen molar-refractivity contribution in [3.8, 4) is 0 Å². The molecule has 0 aliphatic heterocycles. The number of benzene rings is 1. The molecule has 1 rings (SSSR count). The minimum atomic E-state index is -0.130. The number of hydrogen-bond donors (Lipinski definition) is 2. The van der Waals surface area contributed by atoms with Crippen LogP contribution >= 0.6 is 0 Å². The van der Waals surface area contributed by atoms with Crippen LogP contribution in [0.2, 0.25) is 0 Å². The Morgan fingerprint density at radius 1 is 1.29 bits per heavy atom. The summed E-state index contributed by atoms with van der Waals surface area (Å²) in [5, 5.41) is 11.7. The smallest absolute Gasteiger partial charge is 0.322 e. The number of ether oxygens (including phenoxy) is 1. The van der Waals surface area contributed by atoms with Gasteiger partial charge in [0.25, 0.3) is 0 Å². The Labute approximate surface area is 126 Å². The molecule has 5 heteroatoms. The van der Waals surface area contributed by atoms with Crippen LogP contribution < -0.4 is 5.32 Å². The first-order chi connectivity index (χ1) is 9.97. The third-order valence-corrected chi connectivity index (χ3v) is 3.31. The maximum absolute atomic E-state index is 12.4. The minimum Gasteiger partial charge on any atom is -0.394 e. The summed E-state index contributed by atoms with van der Waals surface area (Å²) in [4.78, 5) is 14.2. The molecular weight excluding hydrogens is 268 g/mol. The van der Waals surface area contributed by atoms with Gasteiger partial charge in [-0.1, -0.05) is 18.2 Å². The lowest BCUT2D eigenvalue weighted by molar-refractivity contribution is 0.0757. The highest BCUT2D eigenvalue weighted by molar-refractivity contribution is 5.91. The van der Waals surface area contributed by atoms with Crippen LogP contribution in [-0.4, -0.2) is 48.4 Å². The van der Waals surface area contributed by atoms with E-state index in [4.69, 9.17) is 9.84 Å². The van der Waals surface area contributed by atoms with Gasteiger partial charge in [0, 0.05) is 18.3 Å². The molecule has 0 bridgehead atoms. The van der Waals surface area contributed by atoms with Crippen LogP contribution in [0.5, 0.6) is 0 Å². The second kappa shape index (κ2) is 8.64. The molecule has 0 fully saturated rings. The molecule has 1 aromatic carbocycles. The summed E-state index contributed by atoms with van der Waals surface area (Å²) < 4.78 is 5.24. The van der Waals surface area contributed by atoms with Crippen LogP contribution in [0.4, 0.5) is 10.5 Å². The van der Waals surface area contributed by atoms with Gasteiger partial charge in [0.05, 0.1) is 19.8 Å². The largest absolute Gasteiger partial charge is 0.394 e. The third-order valence-electron chi connectivity index (χ3n) is 3.31. The van der Waals surface area contributed by atoms with Crippen molar-refractivity contribution < 1.29 is 14.6 Å². The Bertz CT molecular complexity index is 441. The zero-order valence-corrected chi connectivity index (χ0v) is 13.3. The average molecular weight is 294 g/mol. The monoisotopic (exact) mass is 294 g/mol. The van der Waals surface area contributed by atoms with Crippen molar-refractivity contribution in [2.75, 3.05) is 31.7 Å². The maximum Gasteiger partial charge on any atom is 0.322 e. The van der Waals surface area contributed by atoms with Gasteiger partial charge >= 0.3 is 6.03 Å².